The first kappa shape index (κ1) is 34.0. The number of morpholine rings is 1. The normalized spacial score (nSPS) is 16.1. The molecule has 2 aliphatic rings. The number of benzene rings is 3. The number of aromatic carboxylic acids is 1. The fourth-order valence-electron chi connectivity index (χ4n) is 4.90. The minimum atomic E-state index is -1.16. The molecule has 0 unspecified atom stereocenters. The first-order chi connectivity index (χ1) is 22.6. The molecule has 14 heteroatoms. The van der Waals surface area contributed by atoms with Gasteiger partial charge in [0.2, 0.25) is 0 Å². The van der Waals surface area contributed by atoms with Crippen LogP contribution in [0.5, 0.6) is 17.2 Å². The van der Waals surface area contributed by atoms with E-state index in [1.54, 1.807) is 24.3 Å². The molecular weight excluding hydrogens is 654 g/mol. The van der Waals surface area contributed by atoms with Gasteiger partial charge in [-0.3, -0.25) is 19.4 Å². The van der Waals surface area contributed by atoms with E-state index in [0.29, 0.717) is 48.8 Å². The van der Waals surface area contributed by atoms with Crippen LogP contribution in [0.15, 0.2) is 59.5 Å². The Morgan fingerprint density at radius 2 is 1.70 bits per heavy atom. The molecule has 0 radical (unpaired) electrons. The zero-order chi connectivity index (χ0) is 33.5. The molecule has 1 N–H and O–H groups in total. The molecule has 0 atom stereocenters. The molecular formula is C33H30F2N2O8S2. The van der Waals surface area contributed by atoms with Crippen molar-refractivity contribution in [2.75, 3.05) is 53.1 Å². The van der Waals surface area contributed by atoms with Gasteiger partial charge in [-0.1, -0.05) is 30.0 Å². The Kier molecular flexibility index (Phi) is 11.2. The maximum Gasteiger partial charge on any atom is 0.335 e. The van der Waals surface area contributed by atoms with Gasteiger partial charge in [-0.2, -0.15) is 0 Å². The van der Waals surface area contributed by atoms with Gasteiger partial charge in [-0.15, -0.1) is 0 Å². The molecule has 47 heavy (non-hydrogen) atoms. The van der Waals surface area contributed by atoms with Gasteiger partial charge in [0.05, 0.1) is 37.2 Å². The highest BCUT2D eigenvalue weighted by Crippen LogP contribution is 2.36. The van der Waals surface area contributed by atoms with E-state index in [1.807, 2.05) is 0 Å². The molecule has 10 nitrogen and oxygen atoms in total. The molecule has 3 aromatic rings. The van der Waals surface area contributed by atoms with Crippen molar-refractivity contribution in [2.24, 2.45) is 0 Å². The molecule has 0 aliphatic carbocycles. The summed E-state index contributed by atoms with van der Waals surface area (Å²) in [7, 11) is 1.32. The highest BCUT2D eigenvalue weighted by atomic mass is 32.2. The summed E-state index contributed by atoms with van der Waals surface area (Å²) in [5.41, 5.74) is 1.30. The zero-order valence-electron chi connectivity index (χ0n) is 25.2. The summed E-state index contributed by atoms with van der Waals surface area (Å²) < 4.78 is 50.3. The third-order valence-electron chi connectivity index (χ3n) is 7.31. The molecule has 0 saturated carbocycles. The van der Waals surface area contributed by atoms with E-state index in [1.165, 1.54) is 42.3 Å². The predicted octanol–water partition coefficient (Wildman–Crippen LogP) is 5.25. The lowest BCUT2D eigenvalue weighted by Crippen LogP contribution is -2.38. The van der Waals surface area contributed by atoms with Crippen molar-refractivity contribution < 1.29 is 47.2 Å². The van der Waals surface area contributed by atoms with Crippen molar-refractivity contribution in [2.45, 2.75) is 6.42 Å². The Bertz CT molecular complexity index is 1710. The molecule has 2 aliphatic heterocycles. The summed E-state index contributed by atoms with van der Waals surface area (Å²) in [6.45, 7) is 3.84. The topological polar surface area (TPSA) is 115 Å². The second-order valence-corrected chi connectivity index (χ2v) is 12.1. The average Bonchev–Trinajstić information content (AvgIpc) is 3.31. The number of carboxylic acid groups (broad SMARTS) is 1. The molecule has 3 aromatic carbocycles. The number of rotatable bonds is 12. The third-order valence-corrected chi connectivity index (χ3v) is 8.69. The van der Waals surface area contributed by atoms with Crippen molar-refractivity contribution in [3.05, 3.63) is 82.3 Å². The van der Waals surface area contributed by atoms with Gasteiger partial charge in [0.15, 0.2) is 11.5 Å². The summed E-state index contributed by atoms with van der Waals surface area (Å²) >= 11 is 6.49. The fraction of sp³-hybridized carbons (Fsp3) is 0.273. The number of halogens is 2. The van der Waals surface area contributed by atoms with Gasteiger partial charge >= 0.3 is 11.9 Å². The summed E-state index contributed by atoms with van der Waals surface area (Å²) in [4.78, 5) is 41.1. The van der Waals surface area contributed by atoms with Crippen molar-refractivity contribution in [3.63, 3.8) is 0 Å². The predicted molar refractivity (Wildman–Crippen MR) is 175 cm³/mol. The van der Waals surface area contributed by atoms with Gasteiger partial charge in [0.1, 0.15) is 28.3 Å². The highest BCUT2D eigenvalue weighted by Gasteiger charge is 2.33. The SMILES string of the molecule is COc1cc(C(=O)O)ccc1OC(=O)CCN1C(=O)/C(=C/c2cc(-c3cc(F)cc(F)c3)ccc2OCCN2CCOCC2)SC1=S. The number of amides is 1. The lowest BCUT2D eigenvalue weighted by atomic mass is 10.0. The minimum absolute atomic E-state index is 0.0343. The van der Waals surface area contributed by atoms with Crippen LogP contribution in [0.3, 0.4) is 0 Å². The molecule has 0 spiro atoms. The summed E-state index contributed by atoms with van der Waals surface area (Å²) in [6.07, 6.45) is 1.40. The fourth-order valence-corrected chi connectivity index (χ4v) is 6.20. The third kappa shape index (κ3) is 8.71. The monoisotopic (exact) mass is 684 g/mol. The number of esters is 1. The second kappa shape index (κ2) is 15.5. The zero-order valence-corrected chi connectivity index (χ0v) is 26.8. The van der Waals surface area contributed by atoms with E-state index in [0.717, 1.165) is 30.9 Å². The van der Waals surface area contributed by atoms with Gasteiger partial charge in [-0.25, -0.2) is 13.6 Å². The van der Waals surface area contributed by atoms with E-state index < -0.39 is 29.5 Å². The van der Waals surface area contributed by atoms with Crippen LogP contribution < -0.4 is 14.2 Å². The van der Waals surface area contributed by atoms with Gasteiger partial charge in [-0.05, 0) is 59.7 Å². The van der Waals surface area contributed by atoms with Crippen molar-refractivity contribution in [1.82, 2.24) is 9.80 Å². The minimum Gasteiger partial charge on any atom is -0.493 e. The molecule has 2 saturated heterocycles. The molecule has 0 aromatic heterocycles. The van der Waals surface area contributed by atoms with Gasteiger partial charge in [0, 0.05) is 37.8 Å². The van der Waals surface area contributed by atoms with E-state index in [4.69, 9.17) is 31.2 Å². The number of carbonyl (C=O) groups excluding carboxylic acids is 2. The van der Waals surface area contributed by atoms with Gasteiger partial charge < -0.3 is 24.1 Å². The van der Waals surface area contributed by atoms with E-state index >= 15 is 0 Å². The Hall–Kier alpha value is -4.37. The van der Waals surface area contributed by atoms with E-state index in [2.05, 4.69) is 4.90 Å². The average molecular weight is 685 g/mol. The number of carbonyl (C=O) groups is 3. The molecule has 0 bridgehead atoms. The van der Waals surface area contributed by atoms with Crippen LogP contribution in [-0.2, 0) is 14.3 Å². The Morgan fingerprint density at radius 1 is 0.979 bits per heavy atom. The van der Waals surface area contributed by atoms with Crippen LogP contribution in [0.1, 0.15) is 22.3 Å². The van der Waals surface area contributed by atoms with Crippen LogP contribution in [-0.4, -0.2) is 90.2 Å². The summed E-state index contributed by atoms with van der Waals surface area (Å²) in [6, 6.07) is 12.1. The van der Waals surface area contributed by atoms with E-state index in [9.17, 15) is 28.3 Å². The lowest BCUT2D eigenvalue weighted by molar-refractivity contribution is -0.135. The Morgan fingerprint density at radius 3 is 2.40 bits per heavy atom. The first-order valence-electron chi connectivity index (χ1n) is 14.5. The number of nitrogens with zero attached hydrogens (tertiary/aromatic N) is 2. The standard InChI is InChI=1S/C33H30F2N2O8S2/c1-42-28-17-21(32(40)41)3-5-27(28)45-30(38)6-7-37-31(39)29(47-33(37)46)18-23-14-20(22-15-24(34)19-25(35)16-22)2-4-26(23)44-13-10-36-8-11-43-12-9-36/h2-5,14-19H,6-13H2,1H3,(H,40,41)/b29-18-. The number of hydrogen-bond donors (Lipinski definition) is 1. The number of ether oxygens (including phenoxy) is 4. The van der Waals surface area contributed by atoms with Crippen molar-refractivity contribution >= 4 is 52.2 Å². The molecule has 1 amide bonds. The number of methoxy groups -OCH3 is 1. The Balaban J connectivity index is 1.31. The number of carboxylic acids is 1. The number of thiocarbonyl (C=S) groups is 1. The second-order valence-electron chi connectivity index (χ2n) is 10.4. The number of hydrogen-bond acceptors (Lipinski definition) is 10. The maximum atomic E-state index is 14.0. The molecule has 5 rings (SSSR count). The van der Waals surface area contributed by atoms with Crippen LogP contribution in [0.2, 0.25) is 0 Å². The largest absolute Gasteiger partial charge is 0.493 e. The van der Waals surface area contributed by atoms with Crippen molar-refractivity contribution in [3.8, 4) is 28.4 Å². The first-order valence-corrected chi connectivity index (χ1v) is 15.7. The van der Waals surface area contributed by atoms with Crippen LogP contribution in [0.25, 0.3) is 17.2 Å². The highest BCUT2D eigenvalue weighted by molar-refractivity contribution is 8.26. The smallest absolute Gasteiger partial charge is 0.335 e. The van der Waals surface area contributed by atoms with Crippen LogP contribution >= 0.6 is 24.0 Å². The quantitative estimate of drug-likeness (QED) is 0.117. The summed E-state index contributed by atoms with van der Waals surface area (Å²) in [5, 5.41) is 9.18. The van der Waals surface area contributed by atoms with Crippen molar-refractivity contribution in [1.29, 1.82) is 0 Å². The molecule has 2 heterocycles. The summed E-state index contributed by atoms with van der Waals surface area (Å²) in [5.74, 6) is -3.15. The maximum absolute atomic E-state index is 14.0. The lowest BCUT2D eigenvalue weighted by Gasteiger charge is -2.26. The van der Waals surface area contributed by atoms with Gasteiger partial charge in [0.25, 0.3) is 5.91 Å². The van der Waals surface area contributed by atoms with Crippen LogP contribution in [0, 0.1) is 11.6 Å². The number of thioether (sulfide) groups is 1. The Labute approximate surface area is 278 Å². The molecule has 246 valence electrons. The molecule has 2 fully saturated rings. The van der Waals surface area contributed by atoms with E-state index in [-0.39, 0.29) is 39.3 Å². The van der Waals surface area contributed by atoms with Crippen LogP contribution in [0.4, 0.5) is 8.78 Å².